The molecular weight excluding hydrogens is 352 g/mol. The van der Waals surface area contributed by atoms with Gasteiger partial charge in [-0.15, -0.1) is 0 Å². The van der Waals surface area contributed by atoms with Crippen molar-refractivity contribution in [1.29, 1.82) is 0 Å². The van der Waals surface area contributed by atoms with Crippen LogP contribution in [-0.4, -0.2) is 21.0 Å². The highest BCUT2D eigenvalue weighted by atomic mass is 19.2. The monoisotopic (exact) mass is 360 g/mol. The summed E-state index contributed by atoms with van der Waals surface area (Å²) in [5.74, 6) is -8.01. The Balaban J connectivity index is 2.01. The third-order valence-corrected chi connectivity index (χ3v) is 4.14. The van der Waals surface area contributed by atoms with Crippen molar-refractivity contribution >= 4 is 27.8 Å². The van der Waals surface area contributed by atoms with E-state index in [0.29, 0.717) is 10.9 Å². The molecule has 130 valence electrons. The lowest BCUT2D eigenvalue weighted by Crippen LogP contribution is -1.99. The lowest BCUT2D eigenvalue weighted by Gasteiger charge is -2.06. The van der Waals surface area contributed by atoms with Crippen LogP contribution in [-0.2, 0) is 0 Å². The number of H-pyrrole nitrogens is 1. The molecule has 2 heterocycles. The Hall–Kier alpha value is -3.42. The summed E-state index contributed by atoms with van der Waals surface area (Å²) >= 11 is 0. The molecule has 0 unspecified atom stereocenters. The van der Waals surface area contributed by atoms with E-state index in [1.54, 1.807) is 6.07 Å². The number of carboxylic acids is 1. The normalized spacial score (nSPS) is 11.4. The van der Waals surface area contributed by atoms with Crippen molar-refractivity contribution in [2.45, 2.75) is 0 Å². The zero-order valence-electron chi connectivity index (χ0n) is 12.8. The highest BCUT2D eigenvalue weighted by Gasteiger charge is 2.24. The van der Waals surface area contributed by atoms with E-state index in [1.165, 1.54) is 30.5 Å². The van der Waals surface area contributed by atoms with E-state index < -0.39 is 40.1 Å². The Kier molecular flexibility index (Phi) is 3.43. The van der Waals surface area contributed by atoms with Gasteiger partial charge in [-0.1, -0.05) is 6.07 Å². The fourth-order valence-corrected chi connectivity index (χ4v) is 2.93. The first-order chi connectivity index (χ1) is 12.4. The van der Waals surface area contributed by atoms with Crippen molar-refractivity contribution in [3.05, 3.63) is 65.4 Å². The molecule has 0 fully saturated rings. The average molecular weight is 360 g/mol. The van der Waals surface area contributed by atoms with Gasteiger partial charge in [0, 0.05) is 17.1 Å². The van der Waals surface area contributed by atoms with Gasteiger partial charge in [0.25, 0.3) is 0 Å². The Labute approximate surface area is 142 Å². The maximum Gasteiger partial charge on any atom is 0.336 e. The molecule has 0 saturated carbocycles. The van der Waals surface area contributed by atoms with Crippen molar-refractivity contribution in [2.24, 2.45) is 0 Å². The Bertz CT molecular complexity index is 1220. The maximum absolute atomic E-state index is 14.2. The molecule has 2 aromatic heterocycles. The van der Waals surface area contributed by atoms with Crippen molar-refractivity contribution in [2.75, 3.05) is 0 Å². The molecule has 0 bridgehead atoms. The minimum absolute atomic E-state index is 0.0259. The number of carboxylic acid groups (broad SMARTS) is 1. The minimum Gasteiger partial charge on any atom is -0.478 e. The molecule has 0 amide bonds. The fourth-order valence-electron chi connectivity index (χ4n) is 2.93. The van der Waals surface area contributed by atoms with Crippen LogP contribution < -0.4 is 0 Å². The second-order valence-corrected chi connectivity index (χ2v) is 5.58. The van der Waals surface area contributed by atoms with Crippen LogP contribution in [0.2, 0.25) is 0 Å². The second kappa shape index (κ2) is 5.55. The third-order valence-electron chi connectivity index (χ3n) is 4.14. The number of aromatic nitrogens is 2. The minimum atomic E-state index is -1.91. The third kappa shape index (κ3) is 2.15. The molecule has 4 nitrogen and oxygen atoms in total. The standard InChI is InChI=1S/C18H8F4N2O2/c19-13-12-9(6-23-17(12)16(22)15(21)14(13)20)11-5-4-7-8(18(25)26)2-1-3-10(7)24-11/h1-6,23H,(H,25,26). The molecule has 2 N–H and O–H groups in total. The number of benzene rings is 2. The largest absolute Gasteiger partial charge is 0.478 e. The Morgan fingerprint density at radius 2 is 1.69 bits per heavy atom. The summed E-state index contributed by atoms with van der Waals surface area (Å²) in [7, 11) is 0. The Morgan fingerprint density at radius 3 is 2.42 bits per heavy atom. The van der Waals surface area contributed by atoms with E-state index in [2.05, 4.69) is 9.97 Å². The molecule has 0 radical (unpaired) electrons. The fraction of sp³-hybridized carbons (Fsp3) is 0. The van der Waals surface area contributed by atoms with Gasteiger partial charge < -0.3 is 10.1 Å². The summed E-state index contributed by atoms with van der Waals surface area (Å²) in [6.07, 6.45) is 1.19. The number of hydrogen-bond donors (Lipinski definition) is 2. The molecule has 4 rings (SSSR count). The van der Waals surface area contributed by atoms with E-state index >= 15 is 0 Å². The van der Waals surface area contributed by atoms with Gasteiger partial charge in [-0.25, -0.2) is 27.3 Å². The summed E-state index contributed by atoms with van der Waals surface area (Å²) in [5.41, 5.74) is -0.00265. The van der Waals surface area contributed by atoms with Crippen LogP contribution in [0, 0.1) is 23.3 Å². The molecule has 0 aliphatic carbocycles. The molecule has 0 aliphatic heterocycles. The zero-order chi connectivity index (χ0) is 18.6. The van der Waals surface area contributed by atoms with E-state index in [1.807, 2.05) is 0 Å². The van der Waals surface area contributed by atoms with Gasteiger partial charge in [0.05, 0.1) is 27.7 Å². The summed E-state index contributed by atoms with van der Waals surface area (Å²) in [4.78, 5) is 17.9. The summed E-state index contributed by atoms with van der Waals surface area (Å²) in [6.45, 7) is 0. The average Bonchev–Trinajstić information content (AvgIpc) is 3.08. The van der Waals surface area contributed by atoms with Crippen molar-refractivity contribution in [3.63, 3.8) is 0 Å². The van der Waals surface area contributed by atoms with Gasteiger partial charge in [0.2, 0.25) is 0 Å². The van der Waals surface area contributed by atoms with Crippen LogP contribution in [0.4, 0.5) is 17.6 Å². The number of halogens is 4. The molecule has 26 heavy (non-hydrogen) atoms. The zero-order valence-corrected chi connectivity index (χ0v) is 12.8. The smallest absolute Gasteiger partial charge is 0.336 e. The van der Waals surface area contributed by atoms with Crippen LogP contribution in [0.15, 0.2) is 36.5 Å². The predicted molar refractivity (Wildman–Crippen MR) is 85.8 cm³/mol. The molecule has 0 aliphatic rings. The maximum atomic E-state index is 14.2. The van der Waals surface area contributed by atoms with E-state index in [4.69, 9.17) is 0 Å². The molecule has 0 spiro atoms. The molecule has 2 aromatic carbocycles. The summed E-state index contributed by atoms with van der Waals surface area (Å²) in [5, 5.41) is 9.08. The highest BCUT2D eigenvalue weighted by Crippen LogP contribution is 2.34. The number of nitrogens with one attached hydrogen (secondary N) is 1. The van der Waals surface area contributed by atoms with Gasteiger partial charge in [-0.3, -0.25) is 0 Å². The van der Waals surface area contributed by atoms with Crippen LogP contribution in [0.1, 0.15) is 10.4 Å². The van der Waals surface area contributed by atoms with E-state index in [-0.39, 0.29) is 16.8 Å². The van der Waals surface area contributed by atoms with Crippen LogP contribution in [0.3, 0.4) is 0 Å². The Morgan fingerprint density at radius 1 is 0.962 bits per heavy atom. The van der Waals surface area contributed by atoms with Crippen molar-refractivity contribution in [3.8, 4) is 11.3 Å². The van der Waals surface area contributed by atoms with Gasteiger partial charge in [0.1, 0.15) is 0 Å². The first-order valence-corrected chi connectivity index (χ1v) is 7.36. The molecule has 4 aromatic rings. The summed E-state index contributed by atoms with van der Waals surface area (Å²) < 4.78 is 55.0. The SMILES string of the molecule is O=C(O)c1cccc2nc(-c3c[nH]c4c(F)c(F)c(F)c(F)c34)ccc12. The number of rotatable bonds is 2. The topological polar surface area (TPSA) is 66.0 Å². The molecule has 0 atom stereocenters. The first kappa shape index (κ1) is 16.1. The predicted octanol–water partition coefficient (Wildman–Crippen LogP) is 4.64. The number of aromatic amines is 1. The number of pyridine rings is 1. The van der Waals surface area contributed by atoms with E-state index in [0.717, 1.165) is 0 Å². The van der Waals surface area contributed by atoms with Crippen LogP contribution >= 0.6 is 0 Å². The summed E-state index contributed by atoms with van der Waals surface area (Å²) in [6, 6.07) is 7.32. The molecule has 0 saturated heterocycles. The highest BCUT2D eigenvalue weighted by molar-refractivity contribution is 6.03. The van der Waals surface area contributed by atoms with Gasteiger partial charge >= 0.3 is 5.97 Å². The van der Waals surface area contributed by atoms with Crippen LogP contribution in [0.5, 0.6) is 0 Å². The number of aromatic carboxylic acids is 1. The molecular formula is C18H8F4N2O2. The van der Waals surface area contributed by atoms with Gasteiger partial charge in [-0.05, 0) is 24.3 Å². The van der Waals surface area contributed by atoms with Gasteiger partial charge in [0.15, 0.2) is 23.3 Å². The number of hydrogen-bond acceptors (Lipinski definition) is 2. The molecule has 8 heteroatoms. The van der Waals surface area contributed by atoms with Crippen LogP contribution in [0.25, 0.3) is 33.1 Å². The second-order valence-electron chi connectivity index (χ2n) is 5.58. The van der Waals surface area contributed by atoms with Crippen molar-refractivity contribution in [1.82, 2.24) is 9.97 Å². The number of nitrogens with zero attached hydrogens (tertiary/aromatic N) is 1. The number of fused-ring (bicyclic) bond motifs is 2. The lowest BCUT2D eigenvalue weighted by molar-refractivity contribution is 0.0699. The number of carbonyl (C=O) groups is 1. The van der Waals surface area contributed by atoms with Crippen molar-refractivity contribution < 1.29 is 27.5 Å². The lowest BCUT2D eigenvalue weighted by atomic mass is 10.0. The quantitative estimate of drug-likeness (QED) is 0.311. The van der Waals surface area contributed by atoms with Gasteiger partial charge in [-0.2, -0.15) is 0 Å². The van der Waals surface area contributed by atoms with E-state index in [9.17, 15) is 27.5 Å². The first-order valence-electron chi connectivity index (χ1n) is 7.36.